The minimum Gasteiger partial charge on any atom is -0.333 e. The third-order valence-electron chi connectivity index (χ3n) is 4.33. The fraction of sp³-hybridized carbons (Fsp3) is 0.824. The first-order chi connectivity index (χ1) is 9.81. The van der Waals surface area contributed by atoms with Gasteiger partial charge in [0.1, 0.15) is 5.82 Å². The van der Waals surface area contributed by atoms with Gasteiger partial charge in [0.05, 0.1) is 6.54 Å². The van der Waals surface area contributed by atoms with Gasteiger partial charge in [-0.3, -0.25) is 4.90 Å². The Kier molecular flexibility index (Phi) is 5.10. The van der Waals surface area contributed by atoms with Crippen LogP contribution in [0.1, 0.15) is 53.3 Å². The SMILES string of the molecule is CCCC(C)(CNC(C)(C)C)CN1CCn2ccnc2C1. The predicted molar refractivity (Wildman–Crippen MR) is 88.3 cm³/mol. The lowest BCUT2D eigenvalue weighted by molar-refractivity contribution is 0.116. The summed E-state index contributed by atoms with van der Waals surface area (Å²) in [6.45, 7) is 16.9. The van der Waals surface area contributed by atoms with Crippen molar-refractivity contribution in [2.24, 2.45) is 5.41 Å². The fourth-order valence-corrected chi connectivity index (χ4v) is 3.20. The molecule has 1 atom stereocenters. The first kappa shape index (κ1) is 16.5. The van der Waals surface area contributed by atoms with Crippen LogP contribution in [-0.2, 0) is 13.1 Å². The van der Waals surface area contributed by atoms with Crippen LogP contribution in [0.2, 0.25) is 0 Å². The molecule has 0 fully saturated rings. The fourth-order valence-electron chi connectivity index (χ4n) is 3.20. The Hall–Kier alpha value is -0.870. The summed E-state index contributed by atoms with van der Waals surface area (Å²) in [4.78, 5) is 7.05. The maximum Gasteiger partial charge on any atom is 0.122 e. The number of imidazole rings is 1. The van der Waals surface area contributed by atoms with Crippen molar-refractivity contribution >= 4 is 0 Å². The van der Waals surface area contributed by atoms with Crippen LogP contribution in [0, 0.1) is 5.41 Å². The second-order valence-corrected chi connectivity index (χ2v) is 7.91. The summed E-state index contributed by atoms with van der Waals surface area (Å²) >= 11 is 0. The van der Waals surface area contributed by atoms with Crippen molar-refractivity contribution in [3.05, 3.63) is 18.2 Å². The second-order valence-electron chi connectivity index (χ2n) is 7.91. The van der Waals surface area contributed by atoms with E-state index in [2.05, 4.69) is 60.6 Å². The molecule has 0 aromatic carbocycles. The third-order valence-corrected chi connectivity index (χ3v) is 4.33. The van der Waals surface area contributed by atoms with Gasteiger partial charge < -0.3 is 9.88 Å². The van der Waals surface area contributed by atoms with Gasteiger partial charge in [-0.15, -0.1) is 0 Å². The molecule has 4 heteroatoms. The van der Waals surface area contributed by atoms with Gasteiger partial charge in [-0.1, -0.05) is 20.3 Å². The van der Waals surface area contributed by atoms with Crippen LogP contribution in [0.15, 0.2) is 12.4 Å². The molecule has 0 bridgehead atoms. The molecule has 1 aliphatic rings. The first-order valence-corrected chi connectivity index (χ1v) is 8.29. The summed E-state index contributed by atoms with van der Waals surface area (Å²) < 4.78 is 2.28. The summed E-state index contributed by atoms with van der Waals surface area (Å²) in [7, 11) is 0. The largest absolute Gasteiger partial charge is 0.333 e. The van der Waals surface area contributed by atoms with Gasteiger partial charge in [-0.25, -0.2) is 4.98 Å². The van der Waals surface area contributed by atoms with Crippen molar-refractivity contribution in [2.75, 3.05) is 19.6 Å². The van der Waals surface area contributed by atoms with Gasteiger partial charge in [-0.2, -0.15) is 0 Å². The summed E-state index contributed by atoms with van der Waals surface area (Å²) in [5, 5.41) is 3.70. The average molecular weight is 292 g/mol. The van der Waals surface area contributed by atoms with E-state index in [1.54, 1.807) is 0 Å². The van der Waals surface area contributed by atoms with Crippen molar-refractivity contribution < 1.29 is 0 Å². The number of aromatic nitrogens is 2. The van der Waals surface area contributed by atoms with E-state index in [4.69, 9.17) is 0 Å². The van der Waals surface area contributed by atoms with Crippen LogP contribution in [0.25, 0.3) is 0 Å². The lowest BCUT2D eigenvalue weighted by atomic mass is 9.84. The normalized spacial score (nSPS) is 19.3. The van der Waals surface area contributed by atoms with Gasteiger partial charge in [0.25, 0.3) is 0 Å². The van der Waals surface area contributed by atoms with Crippen LogP contribution in [0.4, 0.5) is 0 Å². The molecular formula is C17H32N4. The van der Waals surface area contributed by atoms with E-state index in [1.807, 2.05) is 6.20 Å². The van der Waals surface area contributed by atoms with Crippen molar-refractivity contribution in [3.63, 3.8) is 0 Å². The van der Waals surface area contributed by atoms with Crippen LogP contribution >= 0.6 is 0 Å². The van der Waals surface area contributed by atoms with Crippen LogP contribution < -0.4 is 5.32 Å². The van der Waals surface area contributed by atoms with Crippen molar-refractivity contribution in [2.45, 2.75) is 66.1 Å². The van der Waals surface area contributed by atoms with E-state index in [-0.39, 0.29) is 5.54 Å². The quantitative estimate of drug-likeness (QED) is 0.875. The molecule has 4 nitrogen and oxygen atoms in total. The topological polar surface area (TPSA) is 33.1 Å². The average Bonchev–Trinajstić information content (AvgIpc) is 2.83. The van der Waals surface area contributed by atoms with E-state index in [0.29, 0.717) is 5.41 Å². The number of nitrogens with zero attached hydrogens (tertiary/aromatic N) is 3. The Morgan fingerprint density at radius 1 is 1.24 bits per heavy atom. The van der Waals surface area contributed by atoms with E-state index in [9.17, 15) is 0 Å². The molecule has 120 valence electrons. The molecule has 0 spiro atoms. The predicted octanol–water partition coefficient (Wildman–Crippen LogP) is 2.89. The molecule has 1 aromatic heterocycles. The summed E-state index contributed by atoms with van der Waals surface area (Å²) in [6, 6.07) is 0. The van der Waals surface area contributed by atoms with Gasteiger partial charge in [0.15, 0.2) is 0 Å². The first-order valence-electron chi connectivity index (χ1n) is 8.29. The Morgan fingerprint density at radius 2 is 2.00 bits per heavy atom. The smallest absolute Gasteiger partial charge is 0.122 e. The number of hydrogen-bond acceptors (Lipinski definition) is 3. The molecule has 1 aromatic rings. The second kappa shape index (κ2) is 6.49. The molecule has 21 heavy (non-hydrogen) atoms. The van der Waals surface area contributed by atoms with E-state index < -0.39 is 0 Å². The van der Waals surface area contributed by atoms with Crippen LogP contribution in [0.3, 0.4) is 0 Å². The van der Waals surface area contributed by atoms with Crippen molar-refractivity contribution in [3.8, 4) is 0 Å². The highest BCUT2D eigenvalue weighted by atomic mass is 15.2. The molecule has 2 rings (SSSR count). The Labute approximate surface area is 129 Å². The minimum atomic E-state index is 0.188. The minimum absolute atomic E-state index is 0.188. The van der Waals surface area contributed by atoms with Crippen LogP contribution in [-0.4, -0.2) is 39.6 Å². The van der Waals surface area contributed by atoms with E-state index >= 15 is 0 Å². The van der Waals surface area contributed by atoms with Crippen molar-refractivity contribution in [1.29, 1.82) is 0 Å². The zero-order valence-electron chi connectivity index (χ0n) is 14.4. The molecule has 0 amide bonds. The third kappa shape index (κ3) is 4.82. The lowest BCUT2D eigenvalue weighted by Gasteiger charge is -2.39. The number of nitrogens with one attached hydrogen (secondary N) is 1. The Morgan fingerprint density at radius 3 is 2.67 bits per heavy atom. The molecule has 1 N–H and O–H groups in total. The van der Waals surface area contributed by atoms with Gasteiger partial charge in [0.2, 0.25) is 0 Å². The van der Waals surface area contributed by atoms with E-state index in [1.165, 1.54) is 18.7 Å². The monoisotopic (exact) mass is 292 g/mol. The number of fused-ring (bicyclic) bond motifs is 1. The summed E-state index contributed by atoms with van der Waals surface area (Å²) in [5.41, 5.74) is 0.518. The molecule has 1 aliphatic heterocycles. The Balaban J connectivity index is 1.96. The molecule has 1 unspecified atom stereocenters. The molecule has 2 heterocycles. The van der Waals surface area contributed by atoms with E-state index in [0.717, 1.165) is 32.7 Å². The molecule has 0 aliphatic carbocycles. The van der Waals surface area contributed by atoms with Gasteiger partial charge >= 0.3 is 0 Å². The molecule has 0 radical (unpaired) electrons. The van der Waals surface area contributed by atoms with Crippen LogP contribution in [0.5, 0.6) is 0 Å². The standard InChI is InChI=1S/C17H32N4/c1-6-7-17(5,13-19-16(2,3)4)14-20-10-11-21-9-8-18-15(21)12-20/h8-9,19H,6-7,10-14H2,1-5H3. The number of hydrogen-bond donors (Lipinski definition) is 1. The zero-order valence-corrected chi connectivity index (χ0v) is 14.4. The van der Waals surface area contributed by atoms with Crippen molar-refractivity contribution in [1.82, 2.24) is 19.8 Å². The van der Waals surface area contributed by atoms with Gasteiger partial charge in [0, 0.05) is 44.1 Å². The molecular weight excluding hydrogens is 260 g/mol. The summed E-state index contributed by atoms with van der Waals surface area (Å²) in [5.74, 6) is 1.21. The maximum absolute atomic E-state index is 4.47. The molecule has 0 saturated carbocycles. The highest BCUT2D eigenvalue weighted by molar-refractivity contribution is 4.96. The maximum atomic E-state index is 4.47. The zero-order chi connectivity index (χ0) is 15.5. The Bertz CT molecular complexity index is 446. The van der Waals surface area contributed by atoms with Gasteiger partial charge in [-0.05, 0) is 32.6 Å². The highest BCUT2D eigenvalue weighted by Crippen LogP contribution is 2.26. The summed E-state index contributed by atoms with van der Waals surface area (Å²) in [6.07, 6.45) is 6.52. The number of rotatable bonds is 6. The molecule has 0 saturated heterocycles. The lowest BCUT2D eigenvalue weighted by Crippen LogP contribution is -2.48. The highest BCUT2D eigenvalue weighted by Gasteiger charge is 2.29.